The molecule has 1 aromatic heterocycles. The molecule has 182 valence electrons. The molecule has 1 saturated carbocycles. The number of ether oxygens (including phenoxy) is 1. The Kier molecular flexibility index (Phi) is 6.96. The Hall–Kier alpha value is -2.34. The van der Waals surface area contributed by atoms with Crippen molar-refractivity contribution in [2.24, 2.45) is 5.10 Å². The summed E-state index contributed by atoms with van der Waals surface area (Å²) in [4.78, 5) is 20.4. The molecule has 0 atom stereocenters. The number of anilines is 1. The third-order valence-corrected chi connectivity index (χ3v) is 9.30. The predicted molar refractivity (Wildman–Crippen MR) is 131 cm³/mol. The minimum Gasteiger partial charge on any atom is -0.379 e. The molecule has 0 spiro atoms. The molecule has 3 aliphatic rings. The maximum atomic E-state index is 13.3. The Labute approximate surface area is 203 Å². The molecular weight excluding hydrogens is 474 g/mol. The van der Waals surface area contributed by atoms with Crippen molar-refractivity contribution in [2.75, 3.05) is 44.7 Å². The van der Waals surface area contributed by atoms with Gasteiger partial charge in [0, 0.05) is 43.7 Å². The molecule has 2 saturated heterocycles. The first-order valence-corrected chi connectivity index (χ1v) is 14.2. The fraction of sp³-hybridized carbons (Fsp3) is 0.522. The number of hydrazone groups is 1. The number of carbonyl (C=O) groups is 1. The highest BCUT2D eigenvalue weighted by atomic mass is 32.2. The molecule has 9 nitrogen and oxygen atoms in total. The van der Waals surface area contributed by atoms with Gasteiger partial charge < -0.3 is 4.74 Å². The molecule has 1 aliphatic carbocycles. The predicted octanol–water partition coefficient (Wildman–Crippen LogP) is 2.35. The first kappa shape index (κ1) is 23.4. The summed E-state index contributed by atoms with van der Waals surface area (Å²) >= 11 is 1.39. The van der Waals surface area contributed by atoms with Crippen LogP contribution in [-0.2, 0) is 25.9 Å². The maximum Gasteiger partial charge on any atom is 0.278 e. The molecule has 0 unspecified atom stereocenters. The summed E-state index contributed by atoms with van der Waals surface area (Å²) in [5.41, 5.74) is 1.77. The summed E-state index contributed by atoms with van der Waals surface area (Å²) < 4.78 is 30.5. The highest BCUT2D eigenvalue weighted by Gasteiger charge is 2.36. The second kappa shape index (κ2) is 10.1. The SMILES string of the molecule is O=C(Nc1nc(CN2CCOCC2)cs1)C(=NN1CCCC1)c1ccc(S(=O)(=O)C2CC2)cc1. The summed E-state index contributed by atoms with van der Waals surface area (Å²) in [7, 11) is -3.28. The average molecular weight is 504 g/mol. The minimum absolute atomic E-state index is 0.266. The number of nitrogens with one attached hydrogen (secondary N) is 1. The maximum absolute atomic E-state index is 13.3. The Balaban J connectivity index is 1.32. The number of carbonyl (C=O) groups excluding carboxylic acids is 1. The Morgan fingerprint density at radius 1 is 1.12 bits per heavy atom. The third kappa shape index (κ3) is 5.48. The van der Waals surface area contributed by atoms with Gasteiger partial charge in [0.15, 0.2) is 20.7 Å². The summed E-state index contributed by atoms with van der Waals surface area (Å²) in [5.74, 6) is -0.350. The monoisotopic (exact) mass is 503 g/mol. The van der Waals surface area contributed by atoms with E-state index < -0.39 is 9.84 Å². The molecule has 2 aromatic rings. The van der Waals surface area contributed by atoms with Gasteiger partial charge in [0.05, 0.1) is 29.1 Å². The van der Waals surface area contributed by atoms with Crippen molar-refractivity contribution in [3.8, 4) is 0 Å². The minimum atomic E-state index is -3.28. The van der Waals surface area contributed by atoms with Gasteiger partial charge in [-0.3, -0.25) is 20.0 Å². The number of nitrogens with zero attached hydrogens (tertiary/aromatic N) is 4. The number of amides is 1. The molecule has 0 radical (unpaired) electrons. The van der Waals surface area contributed by atoms with Crippen LogP contribution in [0.1, 0.15) is 36.9 Å². The lowest BCUT2D eigenvalue weighted by atomic mass is 10.1. The van der Waals surface area contributed by atoms with Crippen LogP contribution in [0.15, 0.2) is 39.6 Å². The first-order valence-electron chi connectivity index (χ1n) is 11.7. The lowest BCUT2D eigenvalue weighted by Crippen LogP contribution is -2.35. The fourth-order valence-corrected chi connectivity index (χ4v) is 6.48. The van der Waals surface area contributed by atoms with E-state index in [2.05, 4.69) is 20.3 Å². The standard InChI is InChI=1S/C23H29N5O4S2/c29-22(25-23-24-18(16-33-23)15-27-11-13-32-14-12-27)21(26-28-9-1-2-10-28)17-3-5-19(6-4-17)34(30,31)20-7-8-20/h3-6,16,20H,1-2,7-15H2,(H,24,25,29). The van der Waals surface area contributed by atoms with Crippen molar-refractivity contribution < 1.29 is 17.9 Å². The van der Waals surface area contributed by atoms with E-state index in [0.29, 0.717) is 15.6 Å². The number of thiazole rings is 1. The van der Waals surface area contributed by atoms with Gasteiger partial charge in [-0.05, 0) is 37.8 Å². The Morgan fingerprint density at radius 3 is 2.50 bits per heavy atom. The topological polar surface area (TPSA) is 104 Å². The van der Waals surface area contributed by atoms with Crippen LogP contribution in [0, 0.1) is 0 Å². The molecule has 5 rings (SSSR count). The third-order valence-electron chi connectivity index (χ3n) is 6.22. The molecule has 1 N–H and O–H groups in total. The number of aromatic nitrogens is 1. The molecular formula is C23H29N5O4S2. The van der Waals surface area contributed by atoms with Gasteiger partial charge in [-0.15, -0.1) is 11.3 Å². The van der Waals surface area contributed by atoms with E-state index >= 15 is 0 Å². The Bertz CT molecular complexity index is 1150. The summed E-state index contributed by atoms with van der Waals surface area (Å²) in [5, 5.41) is 11.6. The van der Waals surface area contributed by atoms with Crippen LogP contribution in [0.3, 0.4) is 0 Å². The van der Waals surface area contributed by atoms with Crippen molar-refractivity contribution >= 4 is 37.9 Å². The van der Waals surface area contributed by atoms with E-state index in [9.17, 15) is 13.2 Å². The van der Waals surface area contributed by atoms with Crippen LogP contribution < -0.4 is 5.32 Å². The van der Waals surface area contributed by atoms with Crippen LogP contribution in [0.25, 0.3) is 0 Å². The van der Waals surface area contributed by atoms with Crippen molar-refractivity contribution in [3.05, 3.63) is 40.9 Å². The van der Waals surface area contributed by atoms with Gasteiger partial charge in [0.1, 0.15) is 0 Å². The molecule has 34 heavy (non-hydrogen) atoms. The van der Waals surface area contributed by atoms with E-state index in [-0.39, 0.29) is 16.9 Å². The zero-order valence-electron chi connectivity index (χ0n) is 19.0. The first-order chi connectivity index (χ1) is 16.5. The van der Waals surface area contributed by atoms with Crippen LogP contribution in [-0.4, -0.2) is 79.6 Å². The number of sulfone groups is 1. The lowest BCUT2D eigenvalue weighted by molar-refractivity contribution is -0.110. The van der Waals surface area contributed by atoms with Crippen molar-refractivity contribution in [3.63, 3.8) is 0 Å². The van der Waals surface area contributed by atoms with E-state index in [0.717, 1.165) is 77.3 Å². The van der Waals surface area contributed by atoms with Crippen molar-refractivity contribution in [2.45, 2.75) is 42.4 Å². The van der Waals surface area contributed by atoms with Crippen molar-refractivity contribution in [1.29, 1.82) is 0 Å². The van der Waals surface area contributed by atoms with Crippen LogP contribution >= 0.6 is 11.3 Å². The zero-order chi connectivity index (χ0) is 23.5. The largest absolute Gasteiger partial charge is 0.379 e. The molecule has 1 aromatic carbocycles. The summed E-state index contributed by atoms with van der Waals surface area (Å²) in [6.07, 6.45) is 3.51. The van der Waals surface area contributed by atoms with Gasteiger partial charge in [-0.25, -0.2) is 13.4 Å². The molecule has 3 heterocycles. The van der Waals surface area contributed by atoms with Gasteiger partial charge in [-0.2, -0.15) is 5.10 Å². The van der Waals surface area contributed by atoms with Crippen LogP contribution in [0.4, 0.5) is 5.13 Å². The van der Waals surface area contributed by atoms with Gasteiger partial charge in [0.25, 0.3) is 5.91 Å². The van der Waals surface area contributed by atoms with E-state index in [4.69, 9.17) is 4.74 Å². The van der Waals surface area contributed by atoms with Gasteiger partial charge in [0.2, 0.25) is 0 Å². The zero-order valence-corrected chi connectivity index (χ0v) is 20.6. The second-order valence-electron chi connectivity index (χ2n) is 8.86. The van der Waals surface area contributed by atoms with Crippen LogP contribution in [0.5, 0.6) is 0 Å². The second-order valence-corrected chi connectivity index (χ2v) is 12.0. The average Bonchev–Trinajstić information content (AvgIpc) is 3.43. The lowest BCUT2D eigenvalue weighted by Gasteiger charge is -2.25. The van der Waals surface area contributed by atoms with E-state index in [1.165, 1.54) is 11.3 Å². The van der Waals surface area contributed by atoms with Crippen molar-refractivity contribution in [1.82, 2.24) is 14.9 Å². The summed E-state index contributed by atoms with van der Waals surface area (Å²) in [6, 6.07) is 6.52. The number of benzene rings is 1. The summed E-state index contributed by atoms with van der Waals surface area (Å²) in [6.45, 7) is 5.52. The van der Waals surface area contributed by atoms with E-state index in [1.54, 1.807) is 24.3 Å². The smallest absolute Gasteiger partial charge is 0.278 e. The Morgan fingerprint density at radius 2 is 1.82 bits per heavy atom. The molecule has 1 amide bonds. The number of hydrogen-bond donors (Lipinski definition) is 1. The van der Waals surface area contributed by atoms with E-state index in [1.807, 2.05) is 10.4 Å². The molecule has 3 fully saturated rings. The molecule has 11 heteroatoms. The number of hydrogen-bond acceptors (Lipinski definition) is 9. The normalized spacial score (nSPS) is 20.0. The molecule has 2 aliphatic heterocycles. The number of morpholine rings is 1. The van der Waals surface area contributed by atoms with Gasteiger partial charge in [-0.1, -0.05) is 12.1 Å². The highest BCUT2D eigenvalue weighted by molar-refractivity contribution is 7.92. The van der Waals surface area contributed by atoms with Gasteiger partial charge >= 0.3 is 0 Å². The molecule has 0 bridgehead atoms. The number of rotatable bonds is 8. The van der Waals surface area contributed by atoms with Crippen LogP contribution in [0.2, 0.25) is 0 Å². The fourth-order valence-electron chi connectivity index (χ4n) is 4.13. The quantitative estimate of drug-likeness (QED) is 0.552. The highest BCUT2D eigenvalue weighted by Crippen LogP contribution is 2.33.